The monoisotopic (exact) mass is 272 g/mol. The van der Waals surface area contributed by atoms with Crippen molar-refractivity contribution in [3.8, 4) is 5.75 Å². The number of nitrogens with two attached hydrogens (primary N) is 1. The Hall–Kier alpha value is -1.94. The normalized spacial score (nSPS) is 11.3. The molecule has 0 aromatic heterocycles. The minimum absolute atomic E-state index is 0.536. The Balaban J connectivity index is 2.03. The van der Waals surface area contributed by atoms with E-state index in [2.05, 4.69) is 17.1 Å². The van der Waals surface area contributed by atoms with Crippen LogP contribution >= 0.6 is 11.8 Å². The number of para-hydroxylation sites is 2. The summed E-state index contributed by atoms with van der Waals surface area (Å²) < 4.78 is 5.24. The predicted molar refractivity (Wildman–Crippen MR) is 82.0 cm³/mol. The minimum Gasteiger partial charge on any atom is -0.494 e. The van der Waals surface area contributed by atoms with Crippen LogP contribution in [0.3, 0.4) is 0 Å². The molecule has 0 heterocycles. The minimum atomic E-state index is 0.536. The van der Waals surface area contributed by atoms with E-state index < -0.39 is 0 Å². The maximum Gasteiger partial charge on any atom is 0.159 e. The van der Waals surface area contributed by atoms with E-state index in [0.717, 1.165) is 17.2 Å². The highest BCUT2D eigenvalue weighted by Crippen LogP contribution is 2.27. The average molecular weight is 272 g/mol. The Morgan fingerprint density at radius 1 is 1.11 bits per heavy atom. The van der Waals surface area contributed by atoms with E-state index in [1.165, 1.54) is 17.3 Å². The van der Waals surface area contributed by atoms with Crippen LogP contribution in [0.2, 0.25) is 0 Å². The van der Waals surface area contributed by atoms with Gasteiger partial charge in [0.05, 0.1) is 7.11 Å². The second-order valence-corrected chi connectivity index (χ2v) is 4.89. The molecule has 0 saturated heterocycles. The maximum atomic E-state index is 5.93. The molecule has 0 fully saturated rings. The highest BCUT2D eigenvalue weighted by molar-refractivity contribution is 8.13. The van der Waals surface area contributed by atoms with Crippen LogP contribution < -0.4 is 10.5 Å². The van der Waals surface area contributed by atoms with Gasteiger partial charge in [0, 0.05) is 5.75 Å². The van der Waals surface area contributed by atoms with Crippen LogP contribution in [0.5, 0.6) is 5.75 Å². The number of rotatable bonds is 4. The van der Waals surface area contributed by atoms with Crippen LogP contribution in [0.4, 0.5) is 5.69 Å². The van der Waals surface area contributed by atoms with Gasteiger partial charge in [0.15, 0.2) is 5.17 Å². The summed E-state index contributed by atoms with van der Waals surface area (Å²) in [6.45, 7) is 0. The van der Waals surface area contributed by atoms with Crippen LogP contribution in [0, 0.1) is 0 Å². The fourth-order valence-corrected chi connectivity index (χ4v) is 2.27. The summed E-state index contributed by atoms with van der Waals surface area (Å²) in [6.07, 6.45) is 0. The van der Waals surface area contributed by atoms with Crippen molar-refractivity contribution in [2.24, 2.45) is 10.7 Å². The van der Waals surface area contributed by atoms with Gasteiger partial charge in [-0.3, -0.25) is 0 Å². The molecule has 0 saturated carbocycles. The van der Waals surface area contributed by atoms with Gasteiger partial charge < -0.3 is 10.5 Å². The molecule has 0 radical (unpaired) electrons. The predicted octanol–water partition coefficient (Wildman–Crippen LogP) is 3.57. The first-order chi connectivity index (χ1) is 9.29. The average Bonchev–Trinajstić information content (AvgIpc) is 2.47. The molecule has 0 atom stereocenters. The molecular formula is C15H16N2OS. The molecule has 0 spiro atoms. The largest absolute Gasteiger partial charge is 0.494 e. The quantitative estimate of drug-likeness (QED) is 0.683. The van der Waals surface area contributed by atoms with Crippen molar-refractivity contribution in [2.45, 2.75) is 5.75 Å². The molecule has 3 nitrogen and oxygen atoms in total. The first-order valence-corrected chi connectivity index (χ1v) is 6.92. The van der Waals surface area contributed by atoms with Crippen LogP contribution in [0.15, 0.2) is 59.6 Å². The maximum absolute atomic E-state index is 5.93. The molecule has 4 heteroatoms. The Labute approximate surface area is 117 Å². The summed E-state index contributed by atoms with van der Waals surface area (Å²) in [7, 11) is 1.63. The van der Waals surface area contributed by atoms with Gasteiger partial charge in [0.1, 0.15) is 11.4 Å². The molecule has 0 aliphatic carbocycles. The van der Waals surface area contributed by atoms with Crippen LogP contribution in [-0.4, -0.2) is 12.3 Å². The molecule has 0 aliphatic heterocycles. The van der Waals surface area contributed by atoms with Crippen molar-refractivity contribution in [1.82, 2.24) is 0 Å². The number of methoxy groups -OCH3 is 1. The molecular weight excluding hydrogens is 256 g/mol. The smallest absolute Gasteiger partial charge is 0.159 e. The topological polar surface area (TPSA) is 47.6 Å². The number of thioether (sulfide) groups is 1. The van der Waals surface area contributed by atoms with E-state index >= 15 is 0 Å². The molecule has 2 N–H and O–H groups in total. The van der Waals surface area contributed by atoms with Gasteiger partial charge in [0.25, 0.3) is 0 Å². The van der Waals surface area contributed by atoms with Gasteiger partial charge in [-0.1, -0.05) is 54.2 Å². The zero-order valence-corrected chi connectivity index (χ0v) is 11.6. The molecule has 0 amide bonds. The zero-order valence-electron chi connectivity index (χ0n) is 10.7. The number of hydrogen-bond donors (Lipinski definition) is 1. The lowest BCUT2D eigenvalue weighted by Gasteiger charge is -2.05. The molecule has 98 valence electrons. The number of hydrogen-bond acceptors (Lipinski definition) is 3. The van der Waals surface area contributed by atoms with Gasteiger partial charge >= 0.3 is 0 Å². The molecule has 0 aliphatic rings. The van der Waals surface area contributed by atoms with Crippen molar-refractivity contribution in [1.29, 1.82) is 0 Å². The molecule has 0 unspecified atom stereocenters. The highest BCUT2D eigenvalue weighted by Gasteiger charge is 2.02. The molecule has 0 bridgehead atoms. The highest BCUT2D eigenvalue weighted by atomic mass is 32.2. The molecule has 2 rings (SSSR count). The van der Waals surface area contributed by atoms with E-state index in [0.29, 0.717) is 5.17 Å². The van der Waals surface area contributed by atoms with Gasteiger partial charge in [-0.2, -0.15) is 0 Å². The Morgan fingerprint density at radius 3 is 2.53 bits per heavy atom. The van der Waals surface area contributed by atoms with E-state index in [1.807, 2.05) is 42.5 Å². The molecule has 19 heavy (non-hydrogen) atoms. The lowest BCUT2D eigenvalue weighted by atomic mass is 10.2. The Morgan fingerprint density at radius 2 is 1.79 bits per heavy atom. The van der Waals surface area contributed by atoms with Gasteiger partial charge in [-0.15, -0.1) is 0 Å². The summed E-state index contributed by atoms with van der Waals surface area (Å²) >= 11 is 1.52. The second-order valence-electron chi connectivity index (χ2n) is 3.90. The number of ether oxygens (including phenoxy) is 1. The van der Waals surface area contributed by atoms with Crippen molar-refractivity contribution in [2.75, 3.05) is 7.11 Å². The first kappa shape index (κ1) is 13.5. The van der Waals surface area contributed by atoms with E-state index in [4.69, 9.17) is 10.5 Å². The number of amidine groups is 1. The van der Waals surface area contributed by atoms with Crippen molar-refractivity contribution in [3.05, 3.63) is 60.2 Å². The van der Waals surface area contributed by atoms with Crippen molar-refractivity contribution >= 4 is 22.6 Å². The fraction of sp³-hybridized carbons (Fsp3) is 0.133. The second kappa shape index (κ2) is 6.85. The third-order valence-electron chi connectivity index (χ3n) is 2.55. The summed E-state index contributed by atoms with van der Waals surface area (Å²) in [5.74, 6) is 1.54. The number of benzene rings is 2. The first-order valence-electron chi connectivity index (χ1n) is 5.93. The van der Waals surface area contributed by atoms with E-state index in [1.54, 1.807) is 7.11 Å². The lowest BCUT2D eigenvalue weighted by molar-refractivity contribution is 0.416. The summed E-state index contributed by atoms with van der Waals surface area (Å²) in [6, 6.07) is 17.8. The third kappa shape index (κ3) is 4.03. The summed E-state index contributed by atoms with van der Waals surface area (Å²) in [4.78, 5) is 4.38. The van der Waals surface area contributed by atoms with Crippen molar-refractivity contribution in [3.63, 3.8) is 0 Å². The SMILES string of the molecule is COc1ccccc1N=C(N)SCc1ccccc1. The standard InChI is InChI=1S/C15H16N2OS/c1-18-14-10-6-5-9-13(14)17-15(16)19-11-12-7-3-2-4-8-12/h2-10H,11H2,1H3,(H2,16,17). The van der Waals surface area contributed by atoms with E-state index in [-0.39, 0.29) is 0 Å². The van der Waals surface area contributed by atoms with Crippen LogP contribution in [-0.2, 0) is 5.75 Å². The Kier molecular flexibility index (Phi) is 4.86. The third-order valence-corrected chi connectivity index (χ3v) is 3.41. The van der Waals surface area contributed by atoms with E-state index in [9.17, 15) is 0 Å². The summed E-state index contributed by atoms with van der Waals surface area (Å²) in [5.41, 5.74) is 7.91. The molecule has 2 aromatic carbocycles. The zero-order chi connectivity index (χ0) is 13.5. The lowest BCUT2D eigenvalue weighted by Crippen LogP contribution is -2.06. The van der Waals surface area contributed by atoms with Gasteiger partial charge in [-0.05, 0) is 17.7 Å². The number of aliphatic imine (C=N–C) groups is 1. The molecule has 2 aromatic rings. The van der Waals surface area contributed by atoms with Crippen LogP contribution in [0.25, 0.3) is 0 Å². The van der Waals surface area contributed by atoms with Crippen LogP contribution in [0.1, 0.15) is 5.56 Å². The van der Waals surface area contributed by atoms with Gasteiger partial charge in [0.2, 0.25) is 0 Å². The van der Waals surface area contributed by atoms with Gasteiger partial charge in [-0.25, -0.2) is 4.99 Å². The summed E-state index contributed by atoms with van der Waals surface area (Å²) in [5, 5.41) is 0.536. The fourth-order valence-electron chi connectivity index (χ4n) is 1.60. The number of nitrogens with zero attached hydrogens (tertiary/aromatic N) is 1. The van der Waals surface area contributed by atoms with Crippen molar-refractivity contribution < 1.29 is 4.74 Å². The Bertz CT molecular complexity index is 555.